The van der Waals surface area contributed by atoms with Gasteiger partial charge in [0.25, 0.3) is 0 Å². The van der Waals surface area contributed by atoms with E-state index in [4.69, 9.17) is 11.6 Å². The second kappa shape index (κ2) is 5.91. The van der Waals surface area contributed by atoms with Crippen molar-refractivity contribution in [1.29, 1.82) is 0 Å². The van der Waals surface area contributed by atoms with Crippen LogP contribution in [0.2, 0.25) is 5.28 Å². The van der Waals surface area contributed by atoms with Crippen molar-refractivity contribution in [2.45, 2.75) is 43.9 Å². The molecule has 1 fully saturated rings. The van der Waals surface area contributed by atoms with E-state index in [1.807, 2.05) is 24.8 Å². The van der Waals surface area contributed by atoms with E-state index in [2.05, 4.69) is 21.5 Å². The zero-order valence-corrected chi connectivity index (χ0v) is 11.8. The van der Waals surface area contributed by atoms with Crippen molar-refractivity contribution in [3.63, 3.8) is 0 Å². The predicted molar refractivity (Wildman–Crippen MR) is 75.0 cm³/mol. The lowest BCUT2D eigenvalue weighted by Gasteiger charge is -2.28. The molecule has 5 heteroatoms. The molecule has 2 rings (SSSR count). The molecule has 0 aliphatic heterocycles. The molecule has 0 saturated heterocycles. The minimum Gasteiger partial charge on any atom is -0.367 e. The van der Waals surface area contributed by atoms with Gasteiger partial charge in [-0.15, -0.1) is 0 Å². The van der Waals surface area contributed by atoms with E-state index >= 15 is 0 Å². The summed E-state index contributed by atoms with van der Waals surface area (Å²) in [6.45, 7) is 1.93. The maximum Gasteiger partial charge on any atom is 0.224 e. The van der Waals surface area contributed by atoms with Gasteiger partial charge in [0.05, 0.1) is 0 Å². The summed E-state index contributed by atoms with van der Waals surface area (Å²) in [4.78, 5) is 8.27. The first-order chi connectivity index (χ1) is 8.17. The van der Waals surface area contributed by atoms with Crippen LogP contribution < -0.4 is 5.32 Å². The van der Waals surface area contributed by atoms with Crippen molar-refractivity contribution >= 4 is 29.2 Å². The zero-order valence-electron chi connectivity index (χ0n) is 10.2. The second-order valence-electron chi connectivity index (χ2n) is 4.52. The average molecular weight is 272 g/mol. The summed E-state index contributed by atoms with van der Waals surface area (Å²) < 4.78 is 0. The van der Waals surface area contributed by atoms with Gasteiger partial charge in [-0.05, 0) is 50.5 Å². The van der Waals surface area contributed by atoms with Gasteiger partial charge >= 0.3 is 0 Å². The number of aryl methyl sites for hydroxylation is 1. The van der Waals surface area contributed by atoms with Gasteiger partial charge < -0.3 is 5.32 Å². The highest BCUT2D eigenvalue weighted by molar-refractivity contribution is 7.99. The van der Waals surface area contributed by atoms with E-state index in [1.165, 1.54) is 25.7 Å². The third-order valence-electron chi connectivity index (χ3n) is 3.19. The van der Waals surface area contributed by atoms with Gasteiger partial charge in [0.2, 0.25) is 5.28 Å². The molecule has 1 aliphatic rings. The summed E-state index contributed by atoms with van der Waals surface area (Å²) in [6.07, 6.45) is 7.21. The highest BCUT2D eigenvalue weighted by Crippen LogP contribution is 2.28. The molecule has 17 heavy (non-hydrogen) atoms. The number of hydrogen-bond acceptors (Lipinski definition) is 4. The van der Waals surface area contributed by atoms with Crippen LogP contribution in [0.5, 0.6) is 0 Å². The van der Waals surface area contributed by atoms with Crippen LogP contribution in [-0.2, 0) is 0 Å². The van der Waals surface area contributed by atoms with Crippen molar-refractivity contribution < 1.29 is 0 Å². The SMILES string of the molecule is CSC1CCC(Nc2cc(C)nc(Cl)n2)CC1. The lowest BCUT2D eigenvalue weighted by molar-refractivity contribution is 0.472. The number of nitrogens with one attached hydrogen (secondary N) is 1. The molecule has 0 aromatic carbocycles. The molecule has 0 unspecified atom stereocenters. The Bertz CT molecular complexity index is 358. The minimum absolute atomic E-state index is 0.324. The Hall–Kier alpha value is -0.480. The number of hydrogen-bond donors (Lipinski definition) is 1. The number of halogens is 1. The van der Waals surface area contributed by atoms with Crippen LogP contribution in [0.15, 0.2) is 6.07 Å². The summed E-state index contributed by atoms with van der Waals surface area (Å²) in [7, 11) is 0. The Kier molecular flexibility index (Phi) is 4.51. The van der Waals surface area contributed by atoms with Gasteiger partial charge in [-0.25, -0.2) is 9.97 Å². The third kappa shape index (κ3) is 3.75. The molecular formula is C12H18ClN3S. The molecule has 0 amide bonds. The Labute approximate surface area is 112 Å². The molecular weight excluding hydrogens is 254 g/mol. The molecule has 1 aliphatic carbocycles. The van der Waals surface area contributed by atoms with Crippen molar-refractivity contribution in [1.82, 2.24) is 9.97 Å². The van der Waals surface area contributed by atoms with Crippen LogP contribution in [0.1, 0.15) is 31.4 Å². The average Bonchev–Trinajstić information content (AvgIpc) is 2.28. The van der Waals surface area contributed by atoms with Gasteiger partial charge in [-0.1, -0.05) is 0 Å². The summed E-state index contributed by atoms with van der Waals surface area (Å²) in [6, 6.07) is 2.48. The van der Waals surface area contributed by atoms with Crippen molar-refractivity contribution in [3.05, 3.63) is 17.0 Å². The first-order valence-electron chi connectivity index (χ1n) is 5.98. The van der Waals surface area contributed by atoms with Gasteiger partial charge in [-0.2, -0.15) is 11.8 Å². The van der Waals surface area contributed by atoms with E-state index in [0.29, 0.717) is 11.3 Å². The van der Waals surface area contributed by atoms with E-state index in [9.17, 15) is 0 Å². The van der Waals surface area contributed by atoms with Crippen molar-refractivity contribution in [2.75, 3.05) is 11.6 Å². The molecule has 3 nitrogen and oxygen atoms in total. The number of anilines is 1. The Morgan fingerprint density at radius 3 is 2.59 bits per heavy atom. The minimum atomic E-state index is 0.324. The molecule has 1 N–H and O–H groups in total. The molecule has 1 heterocycles. The second-order valence-corrected chi connectivity index (χ2v) is 5.99. The summed E-state index contributed by atoms with van der Waals surface area (Å²) in [5, 5.41) is 4.62. The van der Waals surface area contributed by atoms with E-state index < -0.39 is 0 Å². The molecule has 0 spiro atoms. The standard InChI is InChI=1S/C12H18ClN3S/c1-8-7-11(16-12(13)14-8)15-9-3-5-10(17-2)6-4-9/h7,9-10H,3-6H2,1-2H3,(H,14,15,16). The van der Waals surface area contributed by atoms with Crippen LogP contribution in [0, 0.1) is 6.92 Å². The Morgan fingerprint density at radius 1 is 1.29 bits per heavy atom. The number of nitrogens with zero attached hydrogens (tertiary/aromatic N) is 2. The van der Waals surface area contributed by atoms with Crippen LogP contribution in [0.3, 0.4) is 0 Å². The number of aromatic nitrogens is 2. The molecule has 0 bridgehead atoms. The van der Waals surface area contributed by atoms with E-state index in [0.717, 1.165) is 16.8 Å². The number of thioether (sulfide) groups is 1. The first kappa shape index (κ1) is 13.0. The predicted octanol–water partition coefficient (Wildman–Crippen LogP) is 3.52. The summed E-state index contributed by atoms with van der Waals surface area (Å²) >= 11 is 7.83. The van der Waals surface area contributed by atoms with Gasteiger partial charge in [0.15, 0.2) is 0 Å². The molecule has 94 valence electrons. The monoisotopic (exact) mass is 271 g/mol. The molecule has 1 aromatic rings. The van der Waals surface area contributed by atoms with Crippen LogP contribution >= 0.6 is 23.4 Å². The lowest BCUT2D eigenvalue weighted by atomic mass is 9.95. The van der Waals surface area contributed by atoms with E-state index in [1.54, 1.807) is 0 Å². The Morgan fingerprint density at radius 2 is 2.00 bits per heavy atom. The van der Waals surface area contributed by atoms with Gasteiger partial charge in [0.1, 0.15) is 5.82 Å². The smallest absolute Gasteiger partial charge is 0.224 e. The maximum absolute atomic E-state index is 5.85. The molecule has 0 atom stereocenters. The molecule has 1 saturated carbocycles. The summed E-state index contributed by atoms with van der Waals surface area (Å²) in [5.74, 6) is 0.857. The lowest BCUT2D eigenvalue weighted by Crippen LogP contribution is -2.27. The largest absolute Gasteiger partial charge is 0.367 e. The van der Waals surface area contributed by atoms with Gasteiger partial charge in [-0.3, -0.25) is 0 Å². The summed E-state index contributed by atoms with van der Waals surface area (Å²) in [5.41, 5.74) is 0.908. The quantitative estimate of drug-likeness (QED) is 0.854. The van der Waals surface area contributed by atoms with E-state index in [-0.39, 0.29) is 0 Å². The fourth-order valence-corrected chi connectivity index (χ4v) is 3.23. The number of rotatable bonds is 3. The zero-order chi connectivity index (χ0) is 12.3. The molecule has 1 aromatic heterocycles. The fraction of sp³-hybridized carbons (Fsp3) is 0.667. The van der Waals surface area contributed by atoms with Gasteiger partial charge in [0, 0.05) is 23.1 Å². The van der Waals surface area contributed by atoms with Crippen molar-refractivity contribution in [3.8, 4) is 0 Å². The highest BCUT2D eigenvalue weighted by atomic mass is 35.5. The van der Waals surface area contributed by atoms with Crippen LogP contribution in [0.4, 0.5) is 5.82 Å². The normalized spacial score (nSPS) is 24.6. The maximum atomic E-state index is 5.85. The topological polar surface area (TPSA) is 37.8 Å². The third-order valence-corrected chi connectivity index (χ3v) is 4.49. The highest BCUT2D eigenvalue weighted by Gasteiger charge is 2.20. The first-order valence-corrected chi connectivity index (χ1v) is 7.64. The molecule has 0 radical (unpaired) electrons. The fourth-order valence-electron chi connectivity index (χ4n) is 2.26. The van der Waals surface area contributed by atoms with Crippen LogP contribution in [-0.4, -0.2) is 27.5 Å². The van der Waals surface area contributed by atoms with Crippen molar-refractivity contribution in [2.24, 2.45) is 0 Å². The Balaban J connectivity index is 1.93. The van der Waals surface area contributed by atoms with Crippen LogP contribution in [0.25, 0.3) is 0 Å².